The number of benzene rings is 2. The number of carbonyl (C=O) groups is 2. The van der Waals surface area contributed by atoms with Crippen molar-refractivity contribution in [3.05, 3.63) is 54.1 Å². The first kappa shape index (κ1) is 19.5. The molecule has 1 aliphatic heterocycles. The van der Waals surface area contributed by atoms with Gasteiger partial charge in [0.25, 0.3) is 0 Å². The third-order valence-corrected chi connectivity index (χ3v) is 4.64. The fourth-order valence-electron chi connectivity index (χ4n) is 3.27. The quantitative estimate of drug-likeness (QED) is 0.801. The summed E-state index contributed by atoms with van der Waals surface area (Å²) in [6, 6.07) is 14.8. The molecule has 28 heavy (non-hydrogen) atoms. The molecule has 2 aromatic rings. The zero-order valence-electron chi connectivity index (χ0n) is 16.3. The summed E-state index contributed by atoms with van der Waals surface area (Å²) in [4.78, 5) is 28.2. The van der Waals surface area contributed by atoms with Crippen molar-refractivity contribution in [3.63, 3.8) is 0 Å². The van der Waals surface area contributed by atoms with E-state index in [0.717, 1.165) is 23.4 Å². The van der Waals surface area contributed by atoms with E-state index in [1.165, 1.54) is 0 Å². The molecule has 2 N–H and O–H groups in total. The van der Waals surface area contributed by atoms with Crippen LogP contribution in [0.2, 0.25) is 0 Å². The first-order chi connectivity index (χ1) is 13.6. The topological polar surface area (TPSA) is 73.9 Å². The molecule has 0 unspecified atom stereocenters. The summed E-state index contributed by atoms with van der Waals surface area (Å²) in [5.41, 5.74) is 2.49. The third kappa shape index (κ3) is 4.54. The summed E-state index contributed by atoms with van der Waals surface area (Å²) < 4.78 is 5.40. The van der Waals surface area contributed by atoms with Crippen molar-refractivity contribution < 1.29 is 14.3 Å². The molecule has 1 saturated heterocycles. The lowest BCUT2D eigenvalue weighted by Crippen LogP contribution is -2.49. The van der Waals surface area contributed by atoms with Crippen molar-refractivity contribution in [2.45, 2.75) is 19.9 Å². The molecular weight excluding hydrogens is 356 g/mol. The highest BCUT2D eigenvalue weighted by Crippen LogP contribution is 2.25. The minimum Gasteiger partial charge on any atom is -0.496 e. The summed E-state index contributed by atoms with van der Waals surface area (Å²) in [6.45, 7) is 4.32. The van der Waals surface area contributed by atoms with Crippen molar-refractivity contribution >= 4 is 23.4 Å². The van der Waals surface area contributed by atoms with Gasteiger partial charge in [0, 0.05) is 36.6 Å². The normalized spacial score (nSPS) is 14.0. The Morgan fingerprint density at radius 3 is 2.57 bits per heavy atom. The monoisotopic (exact) mass is 382 g/mol. The Balaban J connectivity index is 1.69. The second kappa shape index (κ2) is 9.12. The lowest BCUT2D eigenvalue weighted by Gasteiger charge is -2.36. The molecule has 1 heterocycles. The molecule has 0 atom stereocenters. The van der Waals surface area contributed by atoms with E-state index in [9.17, 15) is 9.59 Å². The minimum absolute atomic E-state index is 0.0263. The molecule has 1 aliphatic rings. The minimum atomic E-state index is -0.243. The van der Waals surface area contributed by atoms with Crippen LogP contribution in [0.3, 0.4) is 0 Å². The maximum atomic E-state index is 13.0. The van der Waals surface area contributed by atoms with Crippen LogP contribution in [-0.2, 0) is 6.54 Å². The molecule has 7 nitrogen and oxygen atoms in total. The van der Waals surface area contributed by atoms with E-state index >= 15 is 0 Å². The summed E-state index contributed by atoms with van der Waals surface area (Å²) in [7, 11) is 1.64. The number of hydrogen-bond donors (Lipinski definition) is 2. The van der Waals surface area contributed by atoms with E-state index in [2.05, 4.69) is 10.6 Å². The van der Waals surface area contributed by atoms with Crippen molar-refractivity contribution in [2.24, 2.45) is 0 Å². The highest BCUT2D eigenvalue weighted by atomic mass is 16.5. The number of nitrogens with zero attached hydrogens (tertiary/aromatic N) is 2. The van der Waals surface area contributed by atoms with Crippen LogP contribution in [0.5, 0.6) is 5.75 Å². The number of urea groups is 2. The predicted molar refractivity (Wildman–Crippen MR) is 110 cm³/mol. The van der Waals surface area contributed by atoms with Crippen LogP contribution in [0.1, 0.15) is 18.9 Å². The molecule has 0 aromatic heterocycles. The first-order valence-electron chi connectivity index (χ1n) is 9.45. The molecular formula is C21H26N4O3. The molecule has 0 spiro atoms. The number of para-hydroxylation sites is 1. The second-order valence-electron chi connectivity index (χ2n) is 6.55. The predicted octanol–water partition coefficient (Wildman–Crippen LogP) is 3.67. The lowest BCUT2D eigenvalue weighted by molar-refractivity contribution is 0.192. The average molecular weight is 382 g/mol. The number of ether oxygens (including phenoxy) is 1. The van der Waals surface area contributed by atoms with E-state index in [4.69, 9.17) is 4.74 Å². The van der Waals surface area contributed by atoms with Crippen LogP contribution in [0.25, 0.3) is 0 Å². The molecule has 148 valence electrons. The van der Waals surface area contributed by atoms with Gasteiger partial charge in [-0.1, -0.05) is 18.2 Å². The van der Waals surface area contributed by atoms with E-state index in [0.29, 0.717) is 31.9 Å². The second-order valence-corrected chi connectivity index (χ2v) is 6.55. The maximum absolute atomic E-state index is 13.0. The van der Waals surface area contributed by atoms with Crippen LogP contribution in [0.4, 0.5) is 21.0 Å². The number of amides is 4. The molecule has 3 rings (SSSR count). The Hall–Kier alpha value is -3.22. The molecule has 0 radical (unpaired) electrons. The smallest absolute Gasteiger partial charge is 0.324 e. The zero-order chi connectivity index (χ0) is 19.9. The summed E-state index contributed by atoms with van der Waals surface area (Å²) in [5.74, 6) is 0.785. The number of nitrogens with one attached hydrogen (secondary N) is 2. The number of methoxy groups -OCH3 is 1. The van der Waals surface area contributed by atoms with Crippen LogP contribution in [-0.4, -0.2) is 43.7 Å². The molecule has 1 fully saturated rings. The maximum Gasteiger partial charge on any atom is 0.324 e. The van der Waals surface area contributed by atoms with Gasteiger partial charge in [0.2, 0.25) is 0 Å². The fourth-order valence-corrected chi connectivity index (χ4v) is 3.27. The van der Waals surface area contributed by atoms with Crippen molar-refractivity contribution in [1.29, 1.82) is 0 Å². The standard InChI is InChI=1S/C21H26N4O3/c1-3-22-20(26)23-17-9-11-18(12-10-17)25-14-6-13-24(21(25)27)15-16-7-4-5-8-19(16)28-2/h4-5,7-12H,3,6,13-15H2,1-2H3,(H2,22,23,26). The largest absolute Gasteiger partial charge is 0.496 e. The molecule has 7 heteroatoms. The Bertz CT molecular complexity index is 823. The van der Waals surface area contributed by atoms with E-state index in [-0.39, 0.29) is 12.1 Å². The van der Waals surface area contributed by atoms with Crippen molar-refractivity contribution in [2.75, 3.05) is 37.0 Å². The Morgan fingerprint density at radius 2 is 1.86 bits per heavy atom. The fraction of sp³-hybridized carbons (Fsp3) is 0.333. The Labute approximate surface area is 165 Å². The van der Waals surface area contributed by atoms with E-state index in [1.54, 1.807) is 24.1 Å². The summed E-state index contributed by atoms with van der Waals surface area (Å²) in [5, 5.41) is 5.45. The van der Waals surface area contributed by atoms with Gasteiger partial charge in [-0.2, -0.15) is 0 Å². The lowest BCUT2D eigenvalue weighted by atomic mass is 10.1. The van der Waals surface area contributed by atoms with E-state index < -0.39 is 0 Å². The highest BCUT2D eigenvalue weighted by Gasteiger charge is 2.27. The number of rotatable bonds is 6. The molecule has 2 aromatic carbocycles. The first-order valence-corrected chi connectivity index (χ1v) is 9.45. The van der Waals surface area contributed by atoms with Crippen molar-refractivity contribution in [1.82, 2.24) is 10.2 Å². The van der Waals surface area contributed by atoms with Gasteiger partial charge in [0.1, 0.15) is 5.75 Å². The Morgan fingerprint density at radius 1 is 1.11 bits per heavy atom. The average Bonchev–Trinajstić information content (AvgIpc) is 2.71. The summed E-state index contributed by atoms with van der Waals surface area (Å²) in [6.07, 6.45) is 0.889. The highest BCUT2D eigenvalue weighted by molar-refractivity contribution is 5.94. The van der Waals surface area contributed by atoms with E-state index in [1.807, 2.05) is 48.2 Å². The van der Waals surface area contributed by atoms with Gasteiger partial charge in [-0.15, -0.1) is 0 Å². The van der Waals surface area contributed by atoms with Gasteiger partial charge >= 0.3 is 12.1 Å². The van der Waals surface area contributed by atoms with Gasteiger partial charge in [-0.3, -0.25) is 4.90 Å². The van der Waals surface area contributed by atoms with Crippen LogP contribution in [0.15, 0.2) is 48.5 Å². The van der Waals surface area contributed by atoms with Crippen molar-refractivity contribution in [3.8, 4) is 5.75 Å². The van der Waals surface area contributed by atoms with Gasteiger partial charge in [0.15, 0.2) is 0 Å². The number of carbonyl (C=O) groups excluding carboxylic acids is 2. The van der Waals surface area contributed by atoms with Gasteiger partial charge < -0.3 is 20.3 Å². The van der Waals surface area contributed by atoms with Gasteiger partial charge in [-0.25, -0.2) is 9.59 Å². The number of anilines is 2. The molecule has 0 saturated carbocycles. The van der Waals surface area contributed by atoms with Gasteiger partial charge in [-0.05, 0) is 43.7 Å². The van der Waals surface area contributed by atoms with Gasteiger partial charge in [0.05, 0.1) is 13.7 Å². The zero-order valence-corrected chi connectivity index (χ0v) is 16.3. The third-order valence-electron chi connectivity index (χ3n) is 4.64. The SMILES string of the molecule is CCNC(=O)Nc1ccc(N2CCCN(Cc3ccccc3OC)C2=O)cc1. The molecule has 4 amide bonds. The van der Waals surface area contributed by atoms with Crippen LogP contribution < -0.4 is 20.3 Å². The van der Waals surface area contributed by atoms with Crippen LogP contribution >= 0.6 is 0 Å². The summed E-state index contributed by atoms with van der Waals surface area (Å²) >= 11 is 0. The molecule has 0 aliphatic carbocycles. The Kier molecular flexibility index (Phi) is 6.37. The number of hydrogen-bond acceptors (Lipinski definition) is 3. The molecule has 0 bridgehead atoms. The van der Waals surface area contributed by atoms with Crippen LogP contribution in [0, 0.1) is 0 Å².